The van der Waals surface area contributed by atoms with Gasteiger partial charge in [-0.25, -0.2) is 4.98 Å². The highest BCUT2D eigenvalue weighted by atomic mass is 79.9. The predicted octanol–water partition coefficient (Wildman–Crippen LogP) is 4.34. The van der Waals surface area contributed by atoms with E-state index in [0.717, 1.165) is 5.33 Å². The van der Waals surface area contributed by atoms with Crippen LogP contribution in [0.2, 0.25) is 0 Å². The second kappa shape index (κ2) is 7.41. The fourth-order valence-corrected chi connectivity index (χ4v) is 2.70. The molecular formula is C11H18BrNS. The highest BCUT2D eigenvalue weighted by Crippen LogP contribution is 2.16. The third-order valence-corrected chi connectivity index (χ3v) is 3.94. The van der Waals surface area contributed by atoms with Crippen LogP contribution < -0.4 is 0 Å². The summed E-state index contributed by atoms with van der Waals surface area (Å²) >= 11 is 5.25. The number of rotatable bonds is 7. The molecule has 0 aliphatic rings. The molecule has 0 atom stereocenters. The Morgan fingerprint density at radius 2 is 1.93 bits per heavy atom. The van der Waals surface area contributed by atoms with Gasteiger partial charge in [0.15, 0.2) is 0 Å². The minimum Gasteiger partial charge on any atom is -0.250 e. The fourth-order valence-electron chi connectivity index (χ4n) is 1.48. The van der Waals surface area contributed by atoms with Gasteiger partial charge in [-0.3, -0.25) is 0 Å². The molecule has 0 amide bonds. The zero-order valence-corrected chi connectivity index (χ0v) is 11.2. The standard InChI is InChI=1S/C11H18BrNS/c1-10-11(14-9-13-10)7-5-3-2-4-6-8-12/h9H,2-8H2,1H3. The molecule has 0 unspecified atom stereocenters. The van der Waals surface area contributed by atoms with E-state index in [1.807, 2.05) is 5.51 Å². The first kappa shape index (κ1) is 12.2. The average Bonchev–Trinajstić information content (AvgIpc) is 2.58. The van der Waals surface area contributed by atoms with E-state index in [0.29, 0.717) is 0 Å². The molecule has 3 heteroatoms. The van der Waals surface area contributed by atoms with Crippen molar-refractivity contribution in [3.63, 3.8) is 0 Å². The maximum Gasteiger partial charge on any atom is 0.0797 e. The van der Waals surface area contributed by atoms with E-state index in [2.05, 4.69) is 27.8 Å². The zero-order chi connectivity index (χ0) is 10.2. The summed E-state index contributed by atoms with van der Waals surface area (Å²) in [4.78, 5) is 5.73. The van der Waals surface area contributed by atoms with Crippen LogP contribution in [0.5, 0.6) is 0 Å². The number of nitrogens with zero attached hydrogens (tertiary/aromatic N) is 1. The number of alkyl halides is 1. The molecule has 1 heterocycles. The van der Waals surface area contributed by atoms with E-state index in [1.165, 1.54) is 49.1 Å². The largest absolute Gasteiger partial charge is 0.250 e. The first-order valence-corrected chi connectivity index (χ1v) is 7.29. The number of unbranched alkanes of at least 4 members (excludes halogenated alkanes) is 4. The smallest absolute Gasteiger partial charge is 0.0797 e. The Bertz CT molecular complexity index is 247. The summed E-state index contributed by atoms with van der Waals surface area (Å²) < 4.78 is 0. The van der Waals surface area contributed by atoms with Crippen LogP contribution in [0.3, 0.4) is 0 Å². The van der Waals surface area contributed by atoms with E-state index in [1.54, 1.807) is 11.3 Å². The number of halogens is 1. The molecule has 14 heavy (non-hydrogen) atoms. The molecule has 0 aromatic carbocycles. The van der Waals surface area contributed by atoms with Gasteiger partial charge in [0.2, 0.25) is 0 Å². The van der Waals surface area contributed by atoms with Crippen LogP contribution in [0.15, 0.2) is 5.51 Å². The number of hydrogen-bond donors (Lipinski definition) is 0. The predicted molar refractivity (Wildman–Crippen MR) is 67.4 cm³/mol. The van der Waals surface area contributed by atoms with Crippen molar-refractivity contribution < 1.29 is 0 Å². The van der Waals surface area contributed by atoms with Crippen LogP contribution >= 0.6 is 27.3 Å². The van der Waals surface area contributed by atoms with Crippen molar-refractivity contribution in [2.24, 2.45) is 0 Å². The third kappa shape index (κ3) is 4.56. The van der Waals surface area contributed by atoms with Gasteiger partial charge < -0.3 is 0 Å². The molecule has 0 aliphatic carbocycles. The Kier molecular flexibility index (Phi) is 6.45. The molecule has 1 rings (SSSR count). The topological polar surface area (TPSA) is 12.9 Å². The molecular weight excluding hydrogens is 258 g/mol. The van der Waals surface area contributed by atoms with E-state index in [4.69, 9.17) is 0 Å². The third-order valence-electron chi connectivity index (χ3n) is 2.38. The van der Waals surface area contributed by atoms with Crippen LogP contribution in [-0.2, 0) is 6.42 Å². The lowest BCUT2D eigenvalue weighted by molar-refractivity contribution is 0.637. The second-order valence-electron chi connectivity index (χ2n) is 3.57. The van der Waals surface area contributed by atoms with Gasteiger partial charge in [-0.05, 0) is 26.2 Å². The van der Waals surface area contributed by atoms with Crippen molar-refractivity contribution in [2.75, 3.05) is 5.33 Å². The Labute approximate surface area is 99.1 Å². The molecule has 1 nitrogen and oxygen atoms in total. The minimum atomic E-state index is 1.15. The Morgan fingerprint density at radius 1 is 1.21 bits per heavy atom. The highest BCUT2D eigenvalue weighted by molar-refractivity contribution is 9.09. The molecule has 0 saturated heterocycles. The summed E-state index contributed by atoms with van der Waals surface area (Å²) in [6.45, 7) is 2.11. The van der Waals surface area contributed by atoms with Crippen molar-refractivity contribution in [3.05, 3.63) is 16.1 Å². The van der Waals surface area contributed by atoms with Gasteiger partial charge in [0.25, 0.3) is 0 Å². The first-order valence-electron chi connectivity index (χ1n) is 5.29. The van der Waals surface area contributed by atoms with Gasteiger partial charge >= 0.3 is 0 Å². The van der Waals surface area contributed by atoms with Crippen molar-refractivity contribution in [3.8, 4) is 0 Å². The van der Waals surface area contributed by atoms with E-state index in [-0.39, 0.29) is 0 Å². The summed E-state index contributed by atoms with van der Waals surface area (Å²) in [6, 6.07) is 0. The van der Waals surface area contributed by atoms with Crippen LogP contribution in [0.4, 0.5) is 0 Å². The van der Waals surface area contributed by atoms with Crippen molar-refractivity contribution in [1.29, 1.82) is 0 Å². The van der Waals surface area contributed by atoms with Crippen LogP contribution in [0.1, 0.15) is 42.7 Å². The molecule has 0 spiro atoms. The molecule has 80 valence electrons. The van der Waals surface area contributed by atoms with Gasteiger partial charge in [0, 0.05) is 10.2 Å². The molecule has 0 radical (unpaired) electrons. The number of hydrogen-bond acceptors (Lipinski definition) is 2. The molecule has 0 saturated carbocycles. The van der Waals surface area contributed by atoms with Crippen LogP contribution in [0.25, 0.3) is 0 Å². The second-order valence-corrected chi connectivity index (χ2v) is 5.30. The van der Waals surface area contributed by atoms with Gasteiger partial charge in [0.05, 0.1) is 11.2 Å². The Balaban J connectivity index is 2.02. The normalized spacial score (nSPS) is 10.7. The van der Waals surface area contributed by atoms with Crippen molar-refractivity contribution in [1.82, 2.24) is 4.98 Å². The van der Waals surface area contributed by atoms with E-state index < -0.39 is 0 Å². The first-order chi connectivity index (χ1) is 6.84. The number of aromatic nitrogens is 1. The zero-order valence-electron chi connectivity index (χ0n) is 8.76. The molecule has 1 aromatic rings. The average molecular weight is 276 g/mol. The SMILES string of the molecule is Cc1ncsc1CCCCCCCBr. The lowest BCUT2D eigenvalue weighted by atomic mass is 10.1. The summed E-state index contributed by atoms with van der Waals surface area (Å²) in [5.74, 6) is 0. The molecule has 1 aromatic heterocycles. The van der Waals surface area contributed by atoms with Crippen molar-refractivity contribution >= 4 is 27.3 Å². The van der Waals surface area contributed by atoms with Crippen LogP contribution in [-0.4, -0.2) is 10.3 Å². The maximum atomic E-state index is 4.26. The van der Waals surface area contributed by atoms with Gasteiger partial charge in [0.1, 0.15) is 0 Å². The minimum absolute atomic E-state index is 1.15. The number of aryl methyl sites for hydroxylation is 2. The lowest BCUT2D eigenvalue weighted by Crippen LogP contribution is -1.86. The maximum absolute atomic E-state index is 4.26. The van der Waals surface area contributed by atoms with Gasteiger partial charge in [-0.15, -0.1) is 11.3 Å². The Morgan fingerprint density at radius 3 is 2.57 bits per heavy atom. The Hall–Kier alpha value is 0.110. The highest BCUT2D eigenvalue weighted by Gasteiger charge is 2.00. The van der Waals surface area contributed by atoms with Gasteiger partial charge in [-0.1, -0.05) is 35.2 Å². The molecule has 0 N–H and O–H groups in total. The van der Waals surface area contributed by atoms with Crippen molar-refractivity contribution in [2.45, 2.75) is 45.4 Å². The van der Waals surface area contributed by atoms with Gasteiger partial charge in [-0.2, -0.15) is 0 Å². The van der Waals surface area contributed by atoms with E-state index >= 15 is 0 Å². The quantitative estimate of drug-likeness (QED) is 0.533. The number of thiazole rings is 1. The summed E-state index contributed by atoms with van der Waals surface area (Å²) in [6.07, 6.45) is 7.98. The van der Waals surface area contributed by atoms with Crippen LogP contribution in [0, 0.1) is 6.92 Å². The fraction of sp³-hybridized carbons (Fsp3) is 0.727. The summed E-state index contributed by atoms with van der Waals surface area (Å²) in [5.41, 5.74) is 3.19. The summed E-state index contributed by atoms with van der Waals surface area (Å²) in [7, 11) is 0. The molecule has 0 fully saturated rings. The van der Waals surface area contributed by atoms with E-state index in [9.17, 15) is 0 Å². The summed E-state index contributed by atoms with van der Waals surface area (Å²) in [5, 5.41) is 1.15. The lowest BCUT2D eigenvalue weighted by Gasteiger charge is -1.99. The molecule has 0 aliphatic heterocycles. The monoisotopic (exact) mass is 275 g/mol. The molecule has 0 bridgehead atoms.